The molecule has 0 saturated heterocycles. The van der Waals surface area contributed by atoms with Crippen LogP contribution >= 0.6 is 0 Å². The maximum Gasteiger partial charge on any atom is 0.127 e. The number of nitrogens with one attached hydrogen (secondary N) is 1. The van der Waals surface area contributed by atoms with Gasteiger partial charge in [-0.1, -0.05) is 18.2 Å². The quantitative estimate of drug-likeness (QED) is 0.596. The van der Waals surface area contributed by atoms with E-state index in [0.29, 0.717) is 0 Å². The molecule has 4 rings (SSSR count). The summed E-state index contributed by atoms with van der Waals surface area (Å²) < 4.78 is 1.90. The molecule has 0 amide bonds. The number of para-hydroxylation sites is 1. The Balaban J connectivity index is 1.96. The number of aromatic amines is 1. The minimum atomic E-state index is -0.296. The van der Waals surface area contributed by atoms with E-state index in [1.165, 1.54) is 5.39 Å². The van der Waals surface area contributed by atoms with E-state index in [1.54, 1.807) is 6.20 Å². The highest BCUT2D eigenvalue weighted by Crippen LogP contribution is 2.29. The van der Waals surface area contributed by atoms with E-state index in [0.717, 1.165) is 27.8 Å². The molecule has 4 aromatic rings. The molecule has 116 valence electrons. The van der Waals surface area contributed by atoms with Crippen molar-refractivity contribution in [1.82, 2.24) is 14.7 Å². The van der Waals surface area contributed by atoms with E-state index in [1.807, 2.05) is 29.1 Å². The van der Waals surface area contributed by atoms with Crippen molar-refractivity contribution < 1.29 is 4.84 Å². The summed E-state index contributed by atoms with van der Waals surface area (Å²) in [5, 5.41) is 2.25. The summed E-state index contributed by atoms with van der Waals surface area (Å²) in [5.41, 5.74) is 3.87. The molecular weight excluding hydrogens is 286 g/mol. The predicted molar refractivity (Wildman–Crippen MR) is 93.4 cm³/mol. The van der Waals surface area contributed by atoms with E-state index < -0.39 is 0 Å². The largest absolute Gasteiger partial charge is 0.408 e. The van der Waals surface area contributed by atoms with Gasteiger partial charge < -0.3 is 9.82 Å². The third kappa shape index (κ3) is 2.46. The molecule has 0 aliphatic carbocycles. The molecule has 0 radical (unpaired) electrons. The van der Waals surface area contributed by atoms with Gasteiger partial charge in [0.1, 0.15) is 11.3 Å². The molecule has 1 N–H and O–H groups in total. The van der Waals surface area contributed by atoms with Crippen LogP contribution in [0.5, 0.6) is 0 Å². The smallest absolute Gasteiger partial charge is 0.127 e. The lowest BCUT2D eigenvalue weighted by Gasteiger charge is -2.23. The lowest BCUT2D eigenvalue weighted by molar-refractivity contribution is -0.00578. The van der Waals surface area contributed by atoms with Gasteiger partial charge in [0.15, 0.2) is 0 Å². The summed E-state index contributed by atoms with van der Waals surface area (Å²) >= 11 is 0. The van der Waals surface area contributed by atoms with Crippen molar-refractivity contribution in [3.8, 4) is 11.4 Å². The fraction of sp³-hybridized carbons (Fsp3) is 0.211. The van der Waals surface area contributed by atoms with E-state index in [-0.39, 0.29) is 5.60 Å². The third-order valence-electron chi connectivity index (χ3n) is 3.73. The van der Waals surface area contributed by atoms with Gasteiger partial charge in [-0.25, -0.2) is 0 Å². The van der Waals surface area contributed by atoms with Crippen LogP contribution in [0.2, 0.25) is 0 Å². The monoisotopic (exact) mass is 305 g/mol. The summed E-state index contributed by atoms with van der Waals surface area (Å²) in [6.45, 7) is 6.15. The van der Waals surface area contributed by atoms with Crippen LogP contribution in [0.25, 0.3) is 33.2 Å². The van der Waals surface area contributed by atoms with Crippen molar-refractivity contribution >= 4 is 21.8 Å². The number of fused-ring (bicyclic) bond motifs is 2. The van der Waals surface area contributed by atoms with Gasteiger partial charge in [-0.05, 0) is 45.0 Å². The standard InChI is InChI=1S/C19H19N3O/c1-19(2,3)23-22-17-8-9-20-12-14(17)11-18(22)16-10-13-6-4-5-7-15(13)21-16/h4-12,21H,1-3H3. The second-order valence-corrected chi connectivity index (χ2v) is 6.73. The van der Waals surface area contributed by atoms with Crippen LogP contribution in [-0.2, 0) is 0 Å². The summed E-state index contributed by atoms with van der Waals surface area (Å²) in [6.07, 6.45) is 3.66. The average Bonchev–Trinajstić information content (AvgIpc) is 3.07. The fourth-order valence-electron chi connectivity index (χ4n) is 2.80. The Morgan fingerprint density at radius 2 is 1.87 bits per heavy atom. The first-order valence-electron chi connectivity index (χ1n) is 7.74. The Morgan fingerprint density at radius 1 is 1.04 bits per heavy atom. The Kier molecular flexibility index (Phi) is 2.94. The van der Waals surface area contributed by atoms with E-state index in [2.05, 4.69) is 55.0 Å². The summed E-state index contributed by atoms with van der Waals surface area (Å²) in [6, 6.07) is 14.5. The van der Waals surface area contributed by atoms with Crippen LogP contribution < -0.4 is 4.84 Å². The number of hydrogen-bond donors (Lipinski definition) is 1. The minimum absolute atomic E-state index is 0.296. The molecule has 4 heteroatoms. The maximum atomic E-state index is 6.21. The van der Waals surface area contributed by atoms with Crippen LogP contribution in [0, 0.1) is 0 Å². The first-order valence-corrected chi connectivity index (χ1v) is 7.74. The van der Waals surface area contributed by atoms with E-state index in [9.17, 15) is 0 Å². The van der Waals surface area contributed by atoms with Crippen molar-refractivity contribution in [2.24, 2.45) is 0 Å². The molecule has 0 saturated carbocycles. The van der Waals surface area contributed by atoms with Crippen molar-refractivity contribution in [2.75, 3.05) is 0 Å². The second kappa shape index (κ2) is 4.88. The number of hydrogen-bond acceptors (Lipinski definition) is 2. The van der Waals surface area contributed by atoms with Gasteiger partial charge in [-0.3, -0.25) is 4.98 Å². The molecule has 4 nitrogen and oxygen atoms in total. The van der Waals surface area contributed by atoms with Crippen LogP contribution in [0.3, 0.4) is 0 Å². The summed E-state index contributed by atoms with van der Waals surface area (Å²) in [5.74, 6) is 0. The lowest BCUT2D eigenvalue weighted by Crippen LogP contribution is -2.31. The highest BCUT2D eigenvalue weighted by Gasteiger charge is 2.19. The van der Waals surface area contributed by atoms with Crippen molar-refractivity contribution in [3.63, 3.8) is 0 Å². The number of rotatable bonds is 2. The average molecular weight is 305 g/mol. The number of nitrogens with zero attached hydrogens (tertiary/aromatic N) is 2. The Labute approximate surface area is 134 Å². The molecule has 0 aliphatic rings. The van der Waals surface area contributed by atoms with Crippen molar-refractivity contribution in [2.45, 2.75) is 26.4 Å². The number of benzene rings is 1. The first-order chi connectivity index (χ1) is 11.0. The van der Waals surface area contributed by atoms with Gasteiger partial charge in [-0.2, -0.15) is 4.73 Å². The predicted octanol–water partition coefficient (Wildman–Crippen LogP) is 4.41. The van der Waals surface area contributed by atoms with Crippen LogP contribution in [0.1, 0.15) is 20.8 Å². The third-order valence-corrected chi connectivity index (χ3v) is 3.73. The summed E-state index contributed by atoms with van der Waals surface area (Å²) in [7, 11) is 0. The van der Waals surface area contributed by atoms with Crippen molar-refractivity contribution in [1.29, 1.82) is 0 Å². The lowest BCUT2D eigenvalue weighted by atomic mass is 10.2. The molecule has 0 spiro atoms. The zero-order valence-electron chi connectivity index (χ0n) is 13.5. The Bertz CT molecular complexity index is 956. The van der Waals surface area contributed by atoms with Gasteiger partial charge in [0.2, 0.25) is 0 Å². The topological polar surface area (TPSA) is 42.8 Å². The van der Waals surface area contributed by atoms with E-state index >= 15 is 0 Å². The number of aromatic nitrogens is 3. The van der Waals surface area contributed by atoms with E-state index in [4.69, 9.17) is 4.84 Å². The SMILES string of the molecule is CC(C)(C)On1c(-c2cc3ccccc3[nH]2)cc2cnccc21. The summed E-state index contributed by atoms with van der Waals surface area (Å²) in [4.78, 5) is 13.9. The normalized spacial score (nSPS) is 12.1. The Hall–Kier alpha value is -2.75. The molecule has 0 bridgehead atoms. The molecule has 0 atom stereocenters. The molecule has 0 unspecified atom stereocenters. The van der Waals surface area contributed by atoms with Crippen LogP contribution in [0.15, 0.2) is 54.9 Å². The van der Waals surface area contributed by atoms with Crippen LogP contribution in [0.4, 0.5) is 0 Å². The van der Waals surface area contributed by atoms with Gasteiger partial charge in [-0.15, -0.1) is 0 Å². The maximum absolute atomic E-state index is 6.21. The number of pyridine rings is 1. The molecule has 3 aromatic heterocycles. The minimum Gasteiger partial charge on any atom is -0.408 e. The molecule has 1 aromatic carbocycles. The zero-order valence-corrected chi connectivity index (χ0v) is 13.5. The Morgan fingerprint density at radius 3 is 2.65 bits per heavy atom. The van der Waals surface area contributed by atoms with Gasteiger partial charge in [0.05, 0.1) is 11.2 Å². The van der Waals surface area contributed by atoms with Gasteiger partial charge in [0, 0.05) is 28.7 Å². The van der Waals surface area contributed by atoms with Gasteiger partial charge >= 0.3 is 0 Å². The molecular formula is C19H19N3O. The molecule has 3 heterocycles. The second-order valence-electron chi connectivity index (χ2n) is 6.73. The van der Waals surface area contributed by atoms with Crippen LogP contribution in [-0.4, -0.2) is 20.3 Å². The first kappa shape index (κ1) is 13.9. The zero-order chi connectivity index (χ0) is 16.0. The highest BCUT2D eigenvalue weighted by molar-refractivity contribution is 5.90. The molecule has 0 fully saturated rings. The molecule has 23 heavy (non-hydrogen) atoms. The number of H-pyrrole nitrogens is 1. The van der Waals surface area contributed by atoms with Crippen molar-refractivity contribution in [3.05, 3.63) is 54.9 Å². The highest BCUT2D eigenvalue weighted by atomic mass is 16.7. The van der Waals surface area contributed by atoms with Gasteiger partial charge in [0.25, 0.3) is 0 Å². The fourth-order valence-corrected chi connectivity index (χ4v) is 2.80. The molecule has 0 aliphatic heterocycles.